The van der Waals surface area contributed by atoms with E-state index in [2.05, 4.69) is 17.6 Å². The summed E-state index contributed by atoms with van der Waals surface area (Å²) < 4.78 is 0. The van der Waals surface area contributed by atoms with Crippen LogP contribution in [-0.2, 0) is 0 Å². The zero-order valence-corrected chi connectivity index (χ0v) is 7.74. The number of hydrogen-bond acceptors (Lipinski definition) is 2. The van der Waals surface area contributed by atoms with Crippen LogP contribution in [0.25, 0.3) is 0 Å². The lowest BCUT2D eigenvalue weighted by Gasteiger charge is -2.09. The quantitative estimate of drug-likeness (QED) is 0.560. The van der Waals surface area contributed by atoms with Crippen molar-refractivity contribution in [1.82, 2.24) is 10.6 Å². The molecule has 1 saturated carbocycles. The lowest BCUT2D eigenvalue weighted by molar-refractivity contribution is 0.492. The van der Waals surface area contributed by atoms with Crippen molar-refractivity contribution in [3.05, 3.63) is 0 Å². The molecule has 0 aromatic rings. The number of nitrogens with one attached hydrogen (secondary N) is 2. The van der Waals surface area contributed by atoms with E-state index in [4.69, 9.17) is 0 Å². The standard InChI is InChI=1S/C9H20N2/c1-9(4-5-9)8-11-7-3-6-10-2/h10-11H,3-8H2,1-2H3. The molecule has 0 bridgehead atoms. The molecular weight excluding hydrogens is 136 g/mol. The Balaban J connectivity index is 1.81. The molecule has 0 unspecified atom stereocenters. The van der Waals surface area contributed by atoms with E-state index in [9.17, 15) is 0 Å². The van der Waals surface area contributed by atoms with Gasteiger partial charge in [-0.3, -0.25) is 0 Å². The van der Waals surface area contributed by atoms with Gasteiger partial charge in [0.05, 0.1) is 0 Å². The van der Waals surface area contributed by atoms with Gasteiger partial charge in [-0.2, -0.15) is 0 Å². The second-order valence-corrected chi connectivity index (χ2v) is 3.94. The maximum atomic E-state index is 3.48. The fourth-order valence-electron chi connectivity index (χ4n) is 1.17. The molecule has 66 valence electrons. The topological polar surface area (TPSA) is 24.1 Å². The van der Waals surface area contributed by atoms with Crippen molar-refractivity contribution in [2.45, 2.75) is 26.2 Å². The van der Waals surface area contributed by atoms with Crippen molar-refractivity contribution in [2.24, 2.45) is 5.41 Å². The first kappa shape index (κ1) is 9.01. The van der Waals surface area contributed by atoms with Crippen LogP contribution in [-0.4, -0.2) is 26.7 Å². The molecule has 0 radical (unpaired) electrons. The maximum Gasteiger partial charge on any atom is 0.000518 e. The predicted octanol–water partition coefficient (Wildman–Crippen LogP) is 0.986. The zero-order valence-electron chi connectivity index (χ0n) is 7.74. The van der Waals surface area contributed by atoms with Crippen LogP contribution in [0.1, 0.15) is 26.2 Å². The Morgan fingerprint density at radius 3 is 2.55 bits per heavy atom. The van der Waals surface area contributed by atoms with Crippen molar-refractivity contribution in [3.63, 3.8) is 0 Å². The van der Waals surface area contributed by atoms with Gasteiger partial charge < -0.3 is 10.6 Å². The number of rotatable bonds is 6. The summed E-state index contributed by atoms with van der Waals surface area (Å²) in [5, 5.41) is 6.62. The summed E-state index contributed by atoms with van der Waals surface area (Å²) in [6.07, 6.45) is 4.09. The highest BCUT2D eigenvalue weighted by atomic mass is 14.9. The van der Waals surface area contributed by atoms with Gasteiger partial charge in [0, 0.05) is 6.54 Å². The summed E-state index contributed by atoms with van der Waals surface area (Å²) >= 11 is 0. The minimum atomic E-state index is 0.666. The second kappa shape index (κ2) is 4.07. The van der Waals surface area contributed by atoms with E-state index in [-0.39, 0.29) is 0 Å². The highest BCUT2D eigenvalue weighted by molar-refractivity contribution is 4.90. The van der Waals surface area contributed by atoms with Crippen molar-refractivity contribution in [2.75, 3.05) is 26.7 Å². The van der Waals surface area contributed by atoms with Crippen LogP contribution in [0.5, 0.6) is 0 Å². The summed E-state index contributed by atoms with van der Waals surface area (Å²) in [5.41, 5.74) is 0.666. The molecule has 0 saturated heterocycles. The van der Waals surface area contributed by atoms with Gasteiger partial charge in [-0.05, 0) is 44.8 Å². The molecule has 2 nitrogen and oxygen atoms in total. The third kappa shape index (κ3) is 3.73. The van der Waals surface area contributed by atoms with Crippen LogP contribution in [0.3, 0.4) is 0 Å². The van der Waals surface area contributed by atoms with Gasteiger partial charge in [-0.15, -0.1) is 0 Å². The lowest BCUT2D eigenvalue weighted by atomic mass is 10.1. The molecule has 0 aromatic carbocycles. The number of hydrogen-bond donors (Lipinski definition) is 2. The Morgan fingerprint density at radius 2 is 2.00 bits per heavy atom. The van der Waals surface area contributed by atoms with E-state index in [1.165, 1.54) is 25.8 Å². The second-order valence-electron chi connectivity index (χ2n) is 3.94. The molecule has 2 N–H and O–H groups in total. The minimum absolute atomic E-state index is 0.666. The monoisotopic (exact) mass is 156 g/mol. The van der Waals surface area contributed by atoms with Crippen LogP contribution in [0.15, 0.2) is 0 Å². The van der Waals surface area contributed by atoms with Crippen LogP contribution in [0.4, 0.5) is 0 Å². The third-order valence-electron chi connectivity index (χ3n) is 2.44. The predicted molar refractivity (Wildman–Crippen MR) is 48.8 cm³/mol. The van der Waals surface area contributed by atoms with Crippen LogP contribution in [0, 0.1) is 5.41 Å². The van der Waals surface area contributed by atoms with Gasteiger partial charge in [-0.25, -0.2) is 0 Å². The maximum absolute atomic E-state index is 3.48. The highest BCUT2D eigenvalue weighted by Gasteiger charge is 2.36. The third-order valence-corrected chi connectivity index (χ3v) is 2.44. The van der Waals surface area contributed by atoms with Crippen LogP contribution >= 0.6 is 0 Å². The fourth-order valence-corrected chi connectivity index (χ4v) is 1.17. The molecule has 0 amide bonds. The lowest BCUT2D eigenvalue weighted by Crippen LogP contribution is -2.25. The van der Waals surface area contributed by atoms with E-state index in [1.807, 2.05) is 7.05 Å². The first-order chi connectivity index (χ1) is 5.27. The van der Waals surface area contributed by atoms with Gasteiger partial charge in [0.15, 0.2) is 0 Å². The van der Waals surface area contributed by atoms with E-state index in [0.717, 1.165) is 13.1 Å². The molecule has 0 heterocycles. The Morgan fingerprint density at radius 1 is 1.27 bits per heavy atom. The van der Waals surface area contributed by atoms with Gasteiger partial charge in [0.2, 0.25) is 0 Å². The smallest absolute Gasteiger partial charge is 0.000518 e. The SMILES string of the molecule is CNCCCNCC1(C)CC1. The Labute approximate surface area is 69.8 Å². The van der Waals surface area contributed by atoms with Crippen LogP contribution < -0.4 is 10.6 Å². The first-order valence-electron chi connectivity index (χ1n) is 4.62. The molecule has 1 aliphatic carbocycles. The highest BCUT2D eigenvalue weighted by Crippen LogP contribution is 2.43. The summed E-state index contributed by atoms with van der Waals surface area (Å²) in [7, 11) is 2.00. The summed E-state index contributed by atoms with van der Waals surface area (Å²) in [4.78, 5) is 0. The van der Waals surface area contributed by atoms with E-state index in [0.29, 0.717) is 5.41 Å². The first-order valence-corrected chi connectivity index (χ1v) is 4.62. The van der Waals surface area contributed by atoms with Crippen molar-refractivity contribution < 1.29 is 0 Å². The summed E-state index contributed by atoms with van der Waals surface area (Å²) in [6.45, 7) is 5.87. The molecule has 0 aromatic heterocycles. The van der Waals surface area contributed by atoms with E-state index < -0.39 is 0 Å². The molecular formula is C9H20N2. The molecule has 0 atom stereocenters. The molecule has 0 spiro atoms. The van der Waals surface area contributed by atoms with Crippen molar-refractivity contribution in [3.8, 4) is 0 Å². The van der Waals surface area contributed by atoms with E-state index >= 15 is 0 Å². The molecule has 2 heteroatoms. The molecule has 1 rings (SSSR count). The Hall–Kier alpha value is -0.0800. The van der Waals surface area contributed by atoms with Gasteiger partial charge >= 0.3 is 0 Å². The van der Waals surface area contributed by atoms with Gasteiger partial charge in [0.1, 0.15) is 0 Å². The fraction of sp³-hybridized carbons (Fsp3) is 1.00. The summed E-state index contributed by atoms with van der Waals surface area (Å²) in [6, 6.07) is 0. The van der Waals surface area contributed by atoms with Crippen molar-refractivity contribution in [1.29, 1.82) is 0 Å². The largest absolute Gasteiger partial charge is 0.320 e. The average molecular weight is 156 g/mol. The minimum Gasteiger partial charge on any atom is -0.320 e. The molecule has 1 fully saturated rings. The van der Waals surface area contributed by atoms with E-state index in [1.54, 1.807) is 0 Å². The molecule has 1 aliphatic rings. The van der Waals surface area contributed by atoms with Gasteiger partial charge in [0.25, 0.3) is 0 Å². The Kier molecular flexibility index (Phi) is 3.34. The van der Waals surface area contributed by atoms with Crippen molar-refractivity contribution >= 4 is 0 Å². The van der Waals surface area contributed by atoms with Crippen LogP contribution in [0.2, 0.25) is 0 Å². The zero-order chi connectivity index (χ0) is 8.16. The normalized spacial score (nSPS) is 20.2. The van der Waals surface area contributed by atoms with Gasteiger partial charge in [-0.1, -0.05) is 6.92 Å². The molecule has 0 aliphatic heterocycles. The molecule has 11 heavy (non-hydrogen) atoms. The summed E-state index contributed by atoms with van der Waals surface area (Å²) in [5.74, 6) is 0. The average Bonchev–Trinajstić information content (AvgIpc) is 2.69. The Bertz CT molecular complexity index is 108.